The van der Waals surface area contributed by atoms with Crippen LogP contribution in [0.1, 0.15) is 0 Å². The number of nitrogens with zero attached hydrogens (tertiary/aromatic N) is 4. The molecule has 0 heterocycles. The lowest BCUT2D eigenvalue weighted by molar-refractivity contribution is 0.418. The van der Waals surface area contributed by atoms with Crippen LogP contribution in [0.2, 0.25) is 0 Å². The third-order valence-electron chi connectivity index (χ3n) is 3.72. The van der Waals surface area contributed by atoms with E-state index in [4.69, 9.17) is 21.0 Å². The first kappa shape index (κ1) is 21.9. The van der Waals surface area contributed by atoms with Crippen molar-refractivity contribution in [1.82, 2.24) is 0 Å². The van der Waals surface area contributed by atoms with Crippen molar-refractivity contribution in [3.8, 4) is 24.3 Å². The third kappa shape index (κ3) is 2.97. The smallest absolute Gasteiger partial charge is 0.171 e. The maximum absolute atomic E-state index is 14.3. The third-order valence-corrected chi connectivity index (χ3v) is 3.72. The Balaban J connectivity index is 3.51. The van der Waals surface area contributed by atoms with E-state index in [1.165, 1.54) is 0 Å². The first-order chi connectivity index (χ1) is 14.1. The molecule has 148 valence electrons. The Kier molecular flexibility index (Phi) is 5.76. The fourth-order valence-corrected chi connectivity index (χ4v) is 2.41. The summed E-state index contributed by atoms with van der Waals surface area (Å²) in [5.41, 5.74) is -2.88. The largest absolute Gasteiger partial charge is 0.203 e. The van der Waals surface area contributed by atoms with Crippen LogP contribution in [0.4, 0.5) is 35.1 Å². The van der Waals surface area contributed by atoms with Gasteiger partial charge < -0.3 is 0 Å². The van der Waals surface area contributed by atoms with Gasteiger partial charge in [-0.2, -0.15) is 21.0 Å². The SMILES string of the molecule is N#CC(C#N)=c1c(F)c(F)c(=c2c(F)c(F)c(=C(C#N)C#N)c(F)c2F)c(F)c1F. The van der Waals surface area contributed by atoms with Crippen LogP contribution in [0, 0.1) is 102 Å². The zero-order valence-electron chi connectivity index (χ0n) is 13.8. The van der Waals surface area contributed by atoms with E-state index < -0.39 is 78.6 Å². The summed E-state index contributed by atoms with van der Waals surface area (Å²) >= 11 is 0. The molecule has 0 aliphatic carbocycles. The number of hydrogen-bond acceptors (Lipinski definition) is 4. The zero-order valence-corrected chi connectivity index (χ0v) is 13.8. The van der Waals surface area contributed by atoms with Crippen LogP contribution in [0.3, 0.4) is 0 Å². The molecule has 30 heavy (non-hydrogen) atoms. The maximum Gasteiger partial charge on any atom is 0.171 e. The number of halogens is 8. The Hall–Kier alpha value is -4.42. The average molecular weight is 424 g/mol. The average Bonchev–Trinajstić information content (AvgIpc) is 2.73. The summed E-state index contributed by atoms with van der Waals surface area (Å²) in [7, 11) is 0. The minimum atomic E-state index is -2.57. The Bertz CT molecular complexity index is 1300. The van der Waals surface area contributed by atoms with Gasteiger partial charge in [0.1, 0.15) is 35.4 Å². The van der Waals surface area contributed by atoms with Crippen LogP contribution in [0.15, 0.2) is 0 Å². The molecule has 0 unspecified atom stereocenters. The molecule has 0 radical (unpaired) electrons. The molecular weight excluding hydrogens is 424 g/mol. The molecule has 0 spiro atoms. The van der Waals surface area contributed by atoms with Crippen LogP contribution >= 0.6 is 0 Å². The second kappa shape index (κ2) is 7.90. The van der Waals surface area contributed by atoms with E-state index in [1.54, 1.807) is 0 Å². The molecule has 2 rings (SSSR count). The van der Waals surface area contributed by atoms with Crippen molar-refractivity contribution in [2.45, 2.75) is 0 Å². The van der Waals surface area contributed by atoms with Crippen LogP contribution in [0.5, 0.6) is 0 Å². The molecule has 4 nitrogen and oxygen atoms in total. The molecule has 2 aromatic carbocycles. The molecule has 0 aromatic heterocycles. The fraction of sp³-hybridized carbons (Fsp3) is 0. The first-order valence-electron chi connectivity index (χ1n) is 7.16. The quantitative estimate of drug-likeness (QED) is 0.480. The molecule has 0 aliphatic heterocycles. The number of nitriles is 4. The minimum Gasteiger partial charge on any atom is -0.203 e. The van der Waals surface area contributed by atoms with E-state index >= 15 is 0 Å². The van der Waals surface area contributed by atoms with Crippen molar-refractivity contribution < 1.29 is 35.1 Å². The highest BCUT2D eigenvalue weighted by Crippen LogP contribution is 2.19. The molecule has 0 fully saturated rings. The van der Waals surface area contributed by atoms with E-state index in [1.807, 2.05) is 0 Å². The van der Waals surface area contributed by atoms with Gasteiger partial charge in [0, 0.05) is 0 Å². The number of benzene rings is 2. The van der Waals surface area contributed by atoms with Gasteiger partial charge in [-0.05, 0) is 0 Å². The van der Waals surface area contributed by atoms with Gasteiger partial charge in [0.25, 0.3) is 0 Å². The summed E-state index contributed by atoms with van der Waals surface area (Å²) < 4.78 is 114. The molecule has 0 N–H and O–H groups in total. The summed E-state index contributed by atoms with van der Waals surface area (Å²) in [6.45, 7) is 0. The molecule has 0 aliphatic rings. The van der Waals surface area contributed by atoms with Gasteiger partial charge in [-0.25, -0.2) is 35.1 Å². The Morgan fingerprint density at radius 3 is 0.767 bits per heavy atom. The van der Waals surface area contributed by atoms with E-state index in [0.29, 0.717) is 0 Å². The fourth-order valence-electron chi connectivity index (χ4n) is 2.41. The highest BCUT2D eigenvalue weighted by atomic mass is 19.2. The molecule has 0 atom stereocenters. The maximum atomic E-state index is 14.3. The normalized spacial score (nSPS) is 9.87. The molecule has 0 bridgehead atoms. The van der Waals surface area contributed by atoms with Crippen molar-refractivity contribution in [3.05, 3.63) is 67.4 Å². The van der Waals surface area contributed by atoms with Gasteiger partial charge in [-0.15, -0.1) is 0 Å². The lowest BCUT2D eigenvalue weighted by Crippen LogP contribution is -2.24. The lowest BCUT2D eigenvalue weighted by atomic mass is 10.1. The predicted octanol–water partition coefficient (Wildman–Crippen LogP) is 2.48. The molecule has 0 saturated heterocycles. The van der Waals surface area contributed by atoms with Crippen LogP contribution in [-0.4, -0.2) is 0 Å². The van der Waals surface area contributed by atoms with Crippen LogP contribution in [-0.2, 0) is 0 Å². The Labute approximate surface area is 160 Å². The molecule has 0 amide bonds. The van der Waals surface area contributed by atoms with E-state index in [-0.39, 0.29) is 0 Å². The number of rotatable bonds is 0. The highest BCUT2D eigenvalue weighted by Gasteiger charge is 2.26. The van der Waals surface area contributed by atoms with Crippen molar-refractivity contribution in [2.75, 3.05) is 0 Å². The molecule has 2 aromatic rings. The second-order valence-corrected chi connectivity index (χ2v) is 5.21. The summed E-state index contributed by atoms with van der Waals surface area (Å²) in [6, 6.07) is 3.79. The standard InChI is InChI=1S/C18F8N4/c19-11-7(5(1-27)2-28)12(20)16(24)9(15(11)23)10-17(25)13(21)8(6(3-29)4-30)14(22)18(10)26. The van der Waals surface area contributed by atoms with E-state index in [9.17, 15) is 35.1 Å². The van der Waals surface area contributed by atoms with Gasteiger partial charge >= 0.3 is 0 Å². The van der Waals surface area contributed by atoms with Gasteiger partial charge in [0.05, 0.1) is 20.9 Å². The first-order valence-corrected chi connectivity index (χ1v) is 7.16. The summed E-state index contributed by atoms with van der Waals surface area (Å²) in [4.78, 5) is 0. The van der Waals surface area contributed by atoms with Crippen molar-refractivity contribution in [3.63, 3.8) is 0 Å². The monoisotopic (exact) mass is 424 g/mol. The summed E-state index contributed by atoms with van der Waals surface area (Å²) in [5.74, 6) is -20.0. The van der Waals surface area contributed by atoms with Crippen molar-refractivity contribution in [1.29, 1.82) is 21.0 Å². The minimum absolute atomic E-state index is 0.947. The van der Waals surface area contributed by atoms with Gasteiger partial charge in [-0.3, -0.25) is 0 Å². The van der Waals surface area contributed by atoms with Crippen molar-refractivity contribution in [2.24, 2.45) is 0 Å². The van der Waals surface area contributed by atoms with Gasteiger partial charge in [0.2, 0.25) is 0 Å². The molecule has 12 heteroatoms. The Morgan fingerprint density at radius 1 is 0.400 bits per heavy atom. The van der Waals surface area contributed by atoms with Crippen LogP contribution in [0.25, 0.3) is 11.1 Å². The second-order valence-electron chi connectivity index (χ2n) is 5.21. The molecular formula is C18F8N4. The van der Waals surface area contributed by atoms with Crippen molar-refractivity contribution >= 4 is 11.1 Å². The summed E-state index contributed by atoms with van der Waals surface area (Å²) in [6.07, 6.45) is 0. The van der Waals surface area contributed by atoms with E-state index in [0.717, 1.165) is 24.3 Å². The highest BCUT2D eigenvalue weighted by molar-refractivity contribution is 5.73. The van der Waals surface area contributed by atoms with Crippen LogP contribution < -0.4 is 10.4 Å². The van der Waals surface area contributed by atoms with Gasteiger partial charge in [-0.1, -0.05) is 0 Å². The Morgan fingerprint density at radius 2 is 0.600 bits per heavy atom. The topological polar surface area (TPSA) is 95.2 Å². The zero-order chi connectivity index (χ0) is 22.9. The molecule has 0 saturated carbocycles. The summed E-state index contributed by atoms with van der Waals surface area (Å²) in [5, 5.41) is 26.4. The number of hydrogen-bond donors (Lipinski definition) is 0. The van der Waals surface area contributed by atoms with Gasteiger partial charge in [0.15, 0.2) is 46.5 Å². The predicted molar refractivity (Wildman–Crippen MR) is 78.7 cm³/mol. The van der Waals surface area contributed by atoms with E-state index in [2.05, 4.69) is 0 Å². The lowest BCUT2D eigenvalue weighted by Gasteiger charge is -2.05.